The van der Waals surface area contributed by atoms with Gasteiger partial charge in [0.15, 0.2) is 6.04 Å². The van der Waals surface area contributed by atoms with Gasteiger partial charge >= 0.3 is 5.97 Å². The van der Waals surface area contributed by atoms with Gasteiger partial charge in [0.1, 0.15) is 0 Å². The first kappa shape index (κ1) is 13.1. The molecule has 0 fully saturated rings. The third kappa shape index (κ3) is 2.41. The van der Waals surface area contributed by atoms with Gasteiger partial charge in [-0.05, 0) is 29.9 Å². The van der Waals surface area contributed by atoms with E-state index < -0.39 is 12.0 Å². The van der Waals surface area contributed by atoms with Crippen LogP contribution in [-0.2, 0) is 16.0 Å². The molecule has 1 aliphatic heterocycles. The Morgan fingerprint density at radius 3 is 3.00 bits per heavy atom. The second kappa shape index (κ2) is 5.52. The number of aliphatic carboxylic acids is 1. The summed E-state index contributed by atoms with van der Waals surface area (Å²) in [6, 6.07) is 1.04. The Hall–Kier alpha value is -1.36. The SMILES string of the molecule is CCCCC(=O)N1CCc2sccc2C1C(=O)O. The fourth-order valence-corrected chi connectivity index (χ4v) is 3.23. The van der Waals surface area contributed by atoms with Crippen molar-refractivity contribution in [2.45, 2.75) is 38.6 Å². The summed E-state index contributed by atoms with van der Waals surface area (Å²) in [4.78, 5) is 26.1. The van der Waals surface area contributed by atoms with Gasteiger partial charge in [0.05, 0.1) is 0 Å². The van der Waals surface area contributed by atoms with E-state index in [2.05, 4.69) is 0 Å². The first-order chi connectivity index (χ1) is 8.65. The molecule has 1 atom stereocenters. The van der Waals surface area contributed by atoms with Gasteiger partial charge in [0.25, 0.3) is 0 Å². The van der Waals surface area contributed by atoms with Gasteiger partial charge in [0, 0.05) is 17.8 Å². The minimum atomic E-state index is -0.931. The van der Waals surface area contributed by atoms with Crippen LogP contribution in [0, 0.1) is 0 Å². The first-order valence-electron chi connectivity index (χ1n) is 6.23. The molecule has 0 bridgehead atoms. The number of carbonyl (C=O) groups excluding carboxylic acids is 1. The topological polar surface area (TPSA) is 57.6 Å². The summed E-state index contributed by atoms with van der Waals surface area (Å²) in [6.45, 7) is 2.54. The van der Waals surface area contributed by atoms with E-state index >= 15 is 0 Å². The number of hydrogen-bond acceptors (Lipinski definition) is 3. The maximum atomic E-state index is 12.1. The number of carboxylic acids is 1. The van der Waals surface area contributed by atoms with Gasteiger partial charge in [-0.2, -0.15) is 0 Å². The predicted molar refractivity (Wildman–Crippen MR) is 69.6 cm³/mol. The van der Waals surface area contributed by atoms with Crippen molar-refractivity contribution in [1.29, 1.82) is 0 Å². The third-order valence-electron chi connectivity index (χ3n) is 3.26. The number of nitrogens with zero attached hydrogens (tertiary/aromatic N) is 1. The number of thiophene rings is 1. The molecule has 1 aliphatic rings. The molecule has 0 radical (unpaired) electrons. The highest BCUT2D eigenvalue weighted by Gasteiger charge is 2.35. The van der Waals surface area contributed by atoms with Crippen LogP contribution in [0.25, 0.3) is 0 Å². The molecule has 1 amide bonds. The highest BCUT2D eigenvalue weighted by atomic mass is 32.1. The van der Waals surface area contributed by atoms with Crippen molar-refractivity contribution in [3.63, 3.8) is 0 Å². The second-order valence-corrected chi connectivity index (χ2v) is 5.48. The van der Waals surface area contributed by atoms with E-state index in [-0.39, 0.29) is 5.91 Å². The van der Waals surface area contributed by atoms with Crippen LogP contribution in [0.4, 0.5) is 0 Å². The molecular weight excluding hydrogens is 250 g/mol. The highest BCUT2D eigenvalue weighted by Crippen LogP contribution is 2.33. The molecule has 0 aromatic carbocycles. The smallest absolute Gasteiger partial charge is 0.331 e. The summed E-state index contributed by atoms with van der Waals surface area (Å²) >= 11 is 1.58. The quantitative estimate of drug-likeness (QED) is 0.911. The molecule has 2 heterocycles. The van der Waals surface area contributed by atoms with Gasteiger partial charge < -0.3 is 10.0 Å². The Morgan fingerprint density at radius 1 is 1.56 bits per heavy atom. The number of hydrogen-bond donors (Lipinski definition) is 1. The van der Waals surface area contributed by atoms with E-state index in [1.807, 2.05) is 18.4 Å². The van der Waals surface area contributed by atoms with E-state index in [0.29, 0.717) is 13.0 Å². The normalized spacial score (nSPS) is 18.5. The van der Waals surface area contributed by atoms with Gasteiger partial charge in [-0.25, -0.2) is 4.79 Å². The van der Waals surface area contributed by atoms with E-state index in [1.165, 1.54) is 4.90 Å². The van der Waals surface area contributed by atoms with E-state index in [0.717, 1.165) is 29.7 Å². The van der Waals surface area contributed by atoms with Crippen molar-refractivity contribution >= 4 is 23.2 Å². The molecule has 1 aromatic heterocycles. The lowest BCUT2D eigenvalue weighted by Crippen LogP contribution is -2.42. The predicted octanol–water partition coefficient (Wildman–Crippen LogP) is 2.45. The van der Waals surface area contributed by atoms with Crippen LogP contribution in [0.2, 0.25) is 0 Å². The molecule has 1 aromatic rings. The molecule has 1 N–H and O–H groups in total. The Bertz CT molecular complexity index is 455. The lowest BCUT2D eigenvalue weighted by Gasteiger charge is -2.33. The minimum absolute atomic E-state index is 0.0406. The molecule has 0 saturated carbocycles. The molecule has 0 aliphatic carbocycles. The lowest BCUT2D eigenvalue weighted by atomic mass is 9.99. The van der Waals surface area contributed by atoms with E-state index in [9.17, 15) is 14.7 Å². The molecule has 5 heteroatoms. The minimum Gasteiger partial charge on any atom is -0.479 e. The van der Waals surface area contributed by atoms with Crippen LogP contribution in [0.3, 0.4) is 0 Å². The fraction of sp³-hybridized carbons (Fsp3) is 0.538. The highest BCUT2D eigenvalue weighted by molar-refractivity contribution is 7.10. The lowest BCUT2D eigenvalue weighted by molar-refractivity contribution is -0.151. The number of amides is 1. The zero-order valence-electron chi connectivity index (χ0n) is 10.4. The third-order valence-corrected chi connectivity index (χ3v) is 4.26. The Balaban J connectivity index is 2.21. The van der Waals surface area contributed by atoms with Crippen LogP contribution < -0.4 is 0 Å². The largest absolute Gasteiger partial charge is 0.479 e. The Morgan fingerprint density at radius 2 is 2.33 bits per heavy atom. The number of carboxylic acid groups (broad SMARTS) is 1. The van der Waals surface area contributed by atoms with Gasteiger partial charge in [-0.3, -0.25) is 4.79 Å². The number of fused-ring (bicyclic) bond motifs is 1. The van der Waals surface area contributed by atoms with Gasteiger partial charge in [0.2, 0.25) is 5.91 Å². The van der Waals surface area contributed by atoms with Gasteiger partial charge in [-0.15, -0.1) is 11.3 Å². The van der Waals surface area contributed by atoms with Crippen LogP contribution in [0.15, 0.2) is 11.4 Å². The van der Waals surface area contributed by atoms with Crippen molar-refractivity contribution in [2.75, 3.05) is 6.54 Å². The van der Waals surface area contributed by atoms with Crippen molar-refractivity contribution in [2.24, 2.45) is 0 Å². The maximum absolute atomic E-state index is 12.1. The second-order valence-electron chi connectivity index (χ2n) is 4.48. The summed E-state index contributed by atoms with van der Waals surface area (Å²) in [5.41, 5.74) is 0.795. The van der Waals surface area contributed by atoms with Gasteiger partial charge in [-0.1, -0.05) is 13.3 Å². The van der Waals surface area contributed by atoms with Crippen LogP contribution in [0.1, 0.15) is 42.7 Å². The summed E-state index contributed by atoms with van der Waals surface area (Å²) in [7, 11) is 0. The molecule has 4 nitrogen and oxygen atoms in total. The molecule has 0 spiro atoms. The number of unbranched alkanes of at least 4 members (excludes halogenated alkanes) is 1. The van der Waals surface area contributed by atoms with Crippen LogP contribution in [-0.4, -0.2) is 28.4 Å². The molecular formula is C13H17NO3S. The summed E-state index contributed by atoms with van der Waals surface area (Å²) in [5.74, 6) is -0.972. The van der Waals surface area contributed by atoms with Crippen LogP contribution in [0.5, 0.6) is 0 Å². The van der Waals surface area contributed by atoms with Crippen molar-refractivity contribution < 1.29 is 14.7 Å². The molecule has 18 heavy (non-hydrogen) atoms. The maximum Gasteiger partial charge on any atom is 0.331 e. The fourth-order valence-electron chi connectivity index (χ4n) is 2.32. The van der Waals surface area contributed by atoms with E-state index in [4.69, 9.17) is 0 Å². The molecule has 0 saturated heterocycles. The van der Waals surface area contributed by atoms with Crippen molar-refractivity contribution in [3.05, 3.63) is 21.9 Å². The Labute approximate surface area is 110 Å². The zero-order valence-corrected chi connectivity index (χ0v) is 11.2. The summed E-state index contributed by atoms with van der Waals surface area (Å²) < 4.78 is 0. The van der Waals surface area contributed by atoms with Crippen molar-refractivity contribution in [3.8, 4) is 0 Å². The van der Waals surface area contributed by atoms with Crippen molar-refractivity contribution in [1.82, 2.24) is 4.90 Å². The molecule has 1 unspecified atom stereocenters. The zero-order chi connectivity index (χ0) is 13.1. The van der Waals surface area contributed by atoms with Crippen LogP contribution >= 0.6 is 11.3 Å². The average Bonchev–Trinajstić information content (AvgIpc) is 2.82. The summed E-state index contributed by atoms with van der Waals surface area (Å²) in [5, 5.41) is 11.3. The van der Waals surface area contributed by atoms with E-state index in [1.54, 1.807) is 11.3 Å². The average molecular weight is 267 g/mol. The number of rotatable bonds is 4. The molecule has 98 valence electrons. The number of carbonyl (C=O) groups is 2. The Kier molecular flexibility index (Phi) is 4.01. The molecule has 2 rings (SSSR count). The monoisotopic (exact) mass is 267 g/mol. The summed E-state index contributed by atoms with van der Waals surface area (Å²) in [6.07, 6.45) is 2.98. The first-order valence-corrected chi connectivity index (χ1v) is 7.11. The standard InChI is InChI=1S/C13H17NO3S/c1-2-3-4-11(15)14-7-5-10-9(6-8-18-10)12(14)13(16)17/h6,8,12H,2-5,7H2,1H3,(H,16,17).